The molecule has 2 saturated heterocycles. The lowest BCUT2D eigenvalue weighted by molar-refractivity contribution is -0.142. The van der Waals surface area contributed by atoms with Crippen molar-refractivity contribution < 1.29 is 18.8 Å². The SMILES string of the molecule is CC(C)C1NC2(C(=O)Nc3ccc(F)cc32)[C@H]2C(=O)N(CCc3ccccc3)C(=O)[C@@H]12. The predicted molar refractivity (Wildman–Crippen MR) is 112 cm³/mol. The second-order valence-corrected chi connectivity index (χ2v) is 8.93. The zero-order valence-electron chi connectivity index (χ0n) is 17.4. The summed E-state index contributed by atoms with van der Waals surface area (Å²) in [5.74, 6) is -3.07. The number of nitrogens with zero attached hydrogens (tertiary/aromatic N) is 1. The summed E-state index contributed by atoms with van der Waals surface area (Å²) < 4.78 is 14.2. The lowest BCUT2D eigenvalue weighted by Gasteiger charge is -2.30. The van der Waals surface area contributed by atoms with Gasteiger partial charge in [0.2, 0.25) is 17.7 Å². The molecular weight excluding hydrogens is 397 g/mol. The van der Waals surface area contributed by atoms with Crippen LogP contribution in [0.5, 0.6) is 0 Å². The van der Waals surface area contributed by atoms with Gasteiger partial charge in [0, 0.05) is 23.8 Å². The Kier molecular flexibility index (Phi) is 4.48. The molecule has 2 fully saturated rings. The zero-order valence-corrected chi connectivity index (χ0v) is 17.4. The van der Waals surface area contributed by atoms with Crippen LogP contribution in [0.15, 0.2) is 48.5 Å². The minimum atomic E-state index is -1.44. The third-order valence-corrected chi connectivity index (χ3v) is 6.89. The molecule has 3 heterocycles. The van der Waals surface area contributed by atoms with Crippen molar-refractivity contribution >= 4 is 23.4 Å². The molecule has 3 amide bonds. The van der Waals surface area contributed by atoms with E-state index < -0.39 is 29.1 Å². The van der Waals surface area contributed by atoms with E-state index in [-0.39, 0.29) is 30.3 Å². The molecule has 2 N–H and O–H groups in total. The van der Waals surface area contributed by atoms with E-state index in [2.05, 4.69) is 10.6 Å². The molecule has 2 unspecified atom stereocenters. The van der Waals surface area contributed by atoms with E-state index in [1.165, 1.54) is 23.1 Å². The van der Waals surface area contributed by atoms with Gasteiger partial charge in [-0.3, -0.25) is 24.6 Å². The van der Waals surface area contributed by atoms with E-state index in [0.717, 1.165) is 5.56 Å². The molecule has 7 heteroatoms. The highest BCUT2D eigenvalue weighted by Crippen LogP contribution is 2.53. The predicted octanol–water partition coefficient (Wildman–Crippen LogP) is 2.44. The number of nitrogens with one attached hydrogen (secondary N) is 2. The zero-order chi connectivity index (χ0) is 21.9. The first kappa shape index (κ1) is 19.9. The van der Waals surface area contributed by atoms with Crippen LogP contribution < -0.4 is 10.6 Å². The molecule has 0 aromatic heterocycles. The lowest BCUT2D eigenvalue weighted by Crippen LogP contribution is -2.54. The molecule has 1 spiro atoms. The van der Waals surface area contributed by atoms with Crippen LogP contribution in [0.25, 0.3) is 0 Å². The van der Waals surface area contributed by atoms with E-state index in [9.17, 15) is 18.8 Å². The maximum absolute atomic E-state index is 14.2. The van der Waals surface area contributed by atoms with Gasteiger partial charge >= 0.3 is 0 Å². The maximum Gasteiger partial charge on any atom is 0.250 e. The smallest absolute Gasteiger partial charge is 0.250 e. The molecule has 5 rings (SSSR count). The number of fused-ring (bicyclic) bond motifs is 4. The van der Waals surface area contributed by atoms with Crippen LogP contribution in [0.1, 0.15) is 25.0 Å². The Morgan fingerprint density at radius 1 is 1.06 bits per heavy atom. The molecule has 2 aromatic rings. The summed E-state index contributed by atoms with van der Waals surface area (Å²) in [6.45, 7) is 4.17. The van der Waals surface area contributed by atoms with Gasteiger partial charge in [-0.05, 0) is 36.1 Å². The number of benzene rings is 2. The number of carbonyl (C=O) groups excluding carboxylic acids is 3. The summed E-state index contributed by atoms with van der Waals surface area (Å²) in [7, 11) is 0. The van der Waals surface area contributed by atoms with E-state index in [0.29, 0.717) is 17.7 Å². The second kappa shape index (κ2) is 6.99. The van der Waals surface area contributed by atoms with E-state index in [1.807, 2.05) is 44.2 Å². The Morgan fingerprint density at radius 2 is 1.81 bits per heavy atom. The topological polar surface area (TPSA) is 78.5 Å². The van der Waals surface area contributed by atoms with Gasteiger partial charge in [-0.15, -0.1) is 0 Å². The summed E-state index contributed by atoms with van der Waals surface area (Å²) in [6, 6.07) is 13.4. The van der Waals surface area contributed by atoms with Gasteiger partial charge in [-0.25, -0.2) is 4.39 Å². The first-order chi connectivity index (χ1) is 14.8. The van der Waals surface area contributed by atoms with Gasteiger partial charge in [0.15, 0.2) is 0 Å². The van der Waals surface area contributed by atoms with Crippen molar-refractivity contribution in [3.8, 4) is 0 Å². The number of anilines is 1. The summed E-state index contributed by atoms with van der Waals surface area (Å²) in [5.41, 5.74) is 0.469. The molecule has 2 aromatic carbocycles. The number of rotatable bonds is 4. The Bertz CT molecular complexity index is 1090. The third-order valence-electron chi connectivity index (χ3n) is 6.89. The van der Waals surface area contributed by atoms with E-state index >= 15 is 0 Å². The standard InChI is InChI=1S/C24H24FN3O3/c1-13(2)20-18-19(22(30)28(21(18)29)11-10-14-6-4-3-5-7-14)24(27-20)16-12-15(25)8-9-17(16)26-23(24)31/h3-9,12-13,18-20,27H,10-11H2,1-2H3,(H,26,31)/t18-,19-,20?,24?/m1/s1. The van der Waals surface area contributed by atoms with Crippen LogP contribution in [-0.2, 0) is 26.3 Å². The highest BCUT2D eigenvalue weighted by atomic mass is 19.1. The van der Waals surface area contributed by atoms with Crippen molar-refractivity contribution in [2.75, 3.05) is 11.9 Å². The van der Waals surface area contributed by atoms with Crippen LogP contribution in [0.4, 0.5) is 10.1 Å². The highest BCUT2D eigenvalue weighted by Gasteiger charge is 2.70. The van der Waals surface area contributed by atoms with Crippen LogP contribution in [0.2, 0.25) is 0 Å². The molecular formula is C24H24FN3O3. The number of likely N-dealkylation sites (tertiary alicyclic amines) is 1. The summed E-state index contributed by atoms with van der Waals surface area (Å²) in [6.07, 6.45) is 0.544. The monoisotopic (exact) mass is 421 g/mol. The van der Waals surface area contributed by atoms with E-state index in [1.54, 1.807) is 0 Å². The third kappa shape index (κ3) is 2.76. The maximum atomic E-state index is 14.2. The first-order valence-electron chi connectivity index (χ1n) is 10.6. The van der Waals surface area contributed by atoms with Gasteiger partial charge in [0.05, 0.1) is 11.8 Å². The van der Waals surface area contributed by atoms with Crippen molar-refractivity contribution in [2.24, 2.45) is 17.8 Å². The molecule has 0 bridgehead atoms. The lowest BCUT2D eigenvalue weighted by atomic mass is 9.76. The van der Waals surface area contributed by atoms with Gasteiger partial charge in [-0.2, -0.15) is 0 Å². The Labute approximate surface area is 179 Å². The van der Waals surface area contributed by atoms with Crippen molar-refractivity contribution in [3.05, 3.63) is 65.5 Å². The highest BCUT2D eigenvalue weighted by molar-refractivity contribution is 6.15. The fraction of sp³-hybridized carbons (Fsp3) is 0.375. The van der Waals surface area contributed by atoms with Gasteiger partial charge in [0.1, 0.15) is 11.4 Å². The van der Waals surface area contributed by atoms with Gasteiger partial charge in [0.25, 0.3) is 0 Å². The van der Waals surface area contributed by atoms with Crippen molar-refractivity contribution in [2.45, 2.75) is 31.8 Å². The van der Waals surface area contributed by atoms with Crippen molar-refractivity contribution in [1.82, 2.24) is 10.2 Å². The summed E-state index contributed by atoms with van der Waals surface area (Å²) in [5, 5.41) is 6.10. The van der Waals surface area contributed by atoms with Gasteiger partial charge < -0.3 is 5.32 Å². The molecule has 6 nitrogen and oxygen atoms in total. The molecule has 31 heavy (non-hydrogen) atoms. The molecule has 0 radical (unpaired) electrons. The summed E-state index contributed by atoms with van der Waals surface area (Å²) in [4.78, 5) is 41.5. The van der Waals surface area contributed by atoms with Crippen LogP contribution in [0, 0.1) is 23.6 Å². The van der Waals surface area contributed by atoms with Crippen molar-refractivity contribution in [1.29, 1.82) is 0 Å². The molecule has 0 saturated carbocycles. The number of hydrogen-bond donors (Lipinski definition) is 2. The molecule has 0 aliphatic carbocycles. The number of amides is 3. The Morgan fingerprint density at radius 3 is 2.52 bits per heavy atom. The van der Waals surface area contributed by atoms with Crippen LogP contribution >= 0.6 is 0 Å². The van der Waals surface area contributed by atoms with Gasteiger partial charge in [-0.1, -0.05) is 44.2 Å². The fourth-order valence-corrected chi connectivity index (χ4v) is 5.44. The molecule has 3 aliphatic heterocycles. The number of hydrogen-bond acceptors (Lipinski definition) is 4. The normalized spacial score (nSPS) is 29.1. The Balaban J connectivity index is 1.55. The quantitative estimate of drug-likeness (QED) is 0.744. The average molecular weight is 421 g/mol. The number of carbonyl (C=O) groups is 3. The number of halogens is 1. The van der Waals surface area contributed by atoms with Crippen LogP contribution in [0.3, 0.4) is 0 Å². The Hall–Kier alpha value is -3.06. The second-order valence-electron chi connectivity index (χ2n) is 8.93. The van der Waals surface area contributed by atoms with Crippen molar-refractivity contribution in [3.63, 3.8) is 0 Å². The van der Waals surface area contributed by atoms with Crippen LogP contribution in [-0.4, -0.2) is 35.2 Å². The molecule has 160 valence electrons. The minimum Gasteiger partial charge on any atom is -0.324 e. The number of imide groups is 1. The molecule has 4 atom stereocenters. The fourth-order valence-electron chi connectivity index (χ4n) is 5.44. The summed E-state index contributed by atoms with van der Waals surface area (Å²) >= 11 is 0. The first-order valence-corrected chi connectivity index (χ1v) is 10.6. The van der Waals surface area contributed by atoms with E-state index in [4.69, 9.17) is 0 Å². The minimum absolute atomic E-state index is 0.00288. The molecule has 3 aliphatic rings. The largest absolute Gasteiger partial charge is 0.324 e. The average Bonchev–Trinajstić information content (AvgIpc) is 3.33.